The Labute approximate surface area is 156 Å². The van der Waals surface area contributed by atoms with Crippen LogP contribution in [0.2, 0.25) is 0 Å². The first-order valence-corrected chi connectivity index (χ1v) is 9.64. The summed E-state index contributed by atoms with van der Waals surface area (Å²) in [6, 6.07) is 1.78. The van der Waals surface area contributed by atoms with Gasteiger partial charge < -0.3 is 24.1 Å². The molecule has 1 aromatic heterocycles. The van der Waals surface area contributed by atoms with Gasteiger partial charge in [0.25, 0.3) is 0 Å². The second kappa shape index (κ2) is 5.65. The maximum atomic E-state index is 13.3. The van der Waals surface area contributed by atoms with E-state index in [4.69, 9.17) is 13.9 Å². The molecule has 5 rings (SSSR count). The Morgan fingerprint density at radius 1 is 1.19 bits per heavy atom. The number of cyclic esters (lactones) is 1. The third kappa shape index (κ3) is 2.08. The highest BCUT2D eigenvalue weighted by Crippen LogP contribution is 2.67. The molecule has 3 heterocycles. The Balaban J connectivity index is 1.62. The van der Waals surface area contributed by atoms with Crippen molar-refractivity contribution in [2.45, 2.75) is 51.1 Å². The minimum atomic E-state index is -1.08. The molecule has 0 radical (unpaired) electrons. The second-order valence-corrected chi connectivity index (χ2v) is 8.75. The van der Waals surface area contributed by atoms with E-state index < -0.39 is 41.2 Å². The number of rotatable bonds is 1. The highest BCUT2D eigenvalue weighted by atomic mass is 16.6. The van der Waals surface area contributed by atoms with Gasteiger partial charge in [-0.25, -0.2) is 0 Å². The van der Waals surface area contributed by atoms with Crippen LogP contribution in [0.1, 0.15) is 44.3 Å². The van der Waals surface area contributed by atoms with Crippen LogP contribution in [0, 0.1) is 28.6 Å². The molecule has 8 unspecified atom stereocenters. The maximum absolute atomic E-state index is 13.3. The van der Waals surface area contributed by atoms with Crippen molar-refractivity contribution in [3.05, 3.63) is 24.2 Å². The van der Waals surface area contributed by atoms with Crippen LogP contribution in [0.15, 0.2) is 23.0 Å². The van der Waals surface area contributed by atoms with Gasteiger partial charge in [0.2, 0.25) is 0 Å². The molecule has 4 fully saturated rings. The summed E-state index contributed by atoms with van der Waals surface area (Å²) in [6.45, 7) is 2.03. The lowest BCUT2D eigenvalue weighted by Gasteiger charge is -2.56. The molecule has 27 heavy (non-hydrogen) atoms. The summed E-state index contributed by atoms with van der Waals surface area (Å²) in [5, 5.41) is 20.9. The van der Waals surface area contributed by atoms with Gasteiger partial charge in [-0.3, -0.25) is 9.59 Å². The van der Waals surface area contributed by atoms with E-state index in [1.165, 1.54) is 0 Å². The van der Waals surface area contributed by atoms with E-state index in [2.05, 4.69) is 0 Å². The Morgan fingerprint density at radius 3 is 2.74 bits per heavy atom. The molecule has 8 atom stereocenters. The van der Waals surface area contributed by atoms with Crippen LogP contribution in [0.5, 0.6) is 0 Å². The third-order valence-electron chi connectivity index (χ3n) is 7.73. The van der Waals surface area contributed by atoms with Gasteiger partial charge in [-0.05, 0) is 30.7 Å². The molecule has 2 saturated heterocycles. The number of hydrogen-bond acceptors (Lipinski definition) is 7. The first-order valence-electron chi connectivity index (χ1n) is 9.64. The number of aliphatic hydroxyl groups excluding tert-OH is 2. The monoisotopic (exact) mass is 376 g/mol. The summed E-state index contributed by atoms with van der Waals surface area (Å²) in [4.78, 5) is 26.5. The van der Waals surface area contributed by atoms with Gasteiger partial charge in [0.05, 0.1) is 36.1 Å². The predicted octanol–water partition coefficient (Wildman–Crippen LogP) is 1.58. The number of carbonyl (C=O) groups is 2. The van der Waals surface area contributed by atoms with Gasteiger partial charge >= 0.3 is 5.97 Å². The lowest BCUT2D eigenvalue weighted by molar-refractivity contribution is -0.181. The fraction of sp³-hybridized carbons (Fsp3) is 0.700. The molecule has 2 aliphatic carbocycles. The van der Waals surface area contributed by atoms with E-state index in [1.54, 1.807) is 18.6 Å². The molecule has 0 bridgehead atoms. The largest absolute Gasteiger partial charge is 0.472 e. The second-order valence-electron chi connectivity index (χ2n) is 8.75. The SMILES string of the molecule is CC1CC(=O)C23COC(O)C2CC(O)CC3C12CC(c1ccoc1)OC2=O. The number of ether oxygens (including phenoxy) is 2. The van der Waals surface area contributed by atoms with Crippen LogP contribution in [0.3, 0.4) is 0 Å². The number of ketones is 1. The normalized spacial score (nSPS) is 49.1. The molecule has 7 nitrogen and oxygen atoms in total. The van der Waals surface area contributed by atoms with Crippen molar-refractivity contribution >= 4 is 11.8 Å². The zero-order valence-electron chi connectivity index (χ0n) is 15.2. The highest BCUT2D eigenvalue weighted by Gasteiger charge is 2.73. The summed E-state index contributed by atoms with van der Waals surface area (Å²) in [5.74, 6) is -1.36. The lowest BCUT2D eigenvalue weighted by atomic mass is 9.43. The van der Waals surface area contributed by atoms with E-state index in [0.717, 1.165) is 5.56 Å². The highest BCUT2D eigenvalue weighted by molar-refractivity contribution is 5.92. The average molecular weight is 376 g/mol. The molecule has 2 aliphatic heterocycles. The minimum Gasteiger partial charge on any atom is -0.472 e. The standard InChI is InChI=1S/C20H24O7/c1-10-4-16(22)20-9-26-17(23)13(20)5-12(21)6-15(20)19(10)7-14(27-18(19)24)11-2-3-25-8-11/h2-3,8,10,12-15,17,21,23H,4-7,9H2,1H3. The number of aliphatic hydroxyl groups is 2. The van der Waals surface area contributed by atoms with E-state index in [1.807, 2.05) is 6.92 Å². The molecule has 1 aromatic rings. The van der Waals surface area contributed by atoms with Crippen molar-refractivity contribution in [3.63, 3.8) is 0 Å². The minimum absolute atomic E-state index is 0.0404. The summed E-state index contributed by atoms with van der Waals surface area (Å²) in [5.41, 5.74) is -0.993. The maximum Gasteiger partial charge on any atom is 0.313 e. The number of furan rings is 1. The summed E-state index contributed by atoms with van der Waals surface area (Å²) in [6.07, 6.45) is 2.29. The smallest absolute Gasteiger partial charge is 0.313 e. The van der Waals surface area contributed by atoms with Gasteiger partial charge in [-0.2, -0.15) is 0 Å². The van der Waals surface area contributed by atoms with Crippen molar-refractivity contribution in [3.8, 4) is 0 Å². The fourth-order valence-electron chi connectivity index (χ4n) is 6.41. The molecule has 4 aliphatic rings. The number of Topliss-reactive ketones (excluding diaryl/α,β-unsaturated/α-hetero) is 1. The van der Waals surface area contributed by atoms with Crippen LogP contribution in [-0.2, 0) is 19.1 Å². The van der Waals surface area contributed by atoms with Crippen LogP contribution in [0.4, 0.5) is 0 Å². The molecule has 0 amide bonds. The van der Waals surface area contributed by atoms with Gasteiger partial charge in [0.15, 0.2) is 6.29 Å². The van der Waals surface area contributed by atoms with E-state index in [0.29, 0.717) is 19.3 Å². The average Bonchev–Trinajstić information content (AvgIpc) is 3.33. The molecule has 2 spiro atoms. The number of hydrogen-bond donors (Lipinski definition) is 2. The van der Waals surface area contributed by atoms with Crippen molar-refractivity contribution in [2.24, 2.45) is 28.6 Å². The van der Waals surface area contributed by atoms with Crippen LogP contribution in [-0.4, -0.2) is 41.0 Å². The van der Waals surface area contributed by atoms with Crippen molar-refractivity contribution in [2.75, 3.05) is 6.61 Å². The Bertz CT molecular complexity index is 773. The summed E-state index contributed by atoms with van der Waals surface area (Å²) >= 11 is 0. The number of esters is 1. The first kappa shape index (κ1) is 17.4. The molecule has 146 valence electrons. The number of carbonyl (C=O) groups excluding carboxylic acids is 2. The molecular formula is C20H24O7. The van der Waals surface area contributed by atoms with Crippen LogP contribution in [0.25, 0.3) is 0 Å². The molecule has 2 N–H and O–H groups in total. The summed E-state index contributed by atoms with van der Waals surface area (Å²) < 4.78 is 16.4. The van der Waals surface area contributed by atoms with Crippen molar-refractivity contribution < 1.29 is 33.7 Å². The first-order chi connectivity index (χ1) is 12.9. The molecule has 2 saturated carbocycles. The van der Waals surface area contributed by atoms with E-state index >= 15 is 0 Å². The van der Waals surface area contributed by atoms with Gasteiger partial charge in [-0.1, -0.05) is 6.92 Å². The Morgan fingerprint density at radius 2 is 2.00 bits per heavy atom. The fourth-order valence-corrected chi connectivity index (χ4v) is 6.41. The number of fused-ring (bicyclic) bond motifs is 1. The van der Waals surface area contributed by atoms with Crippen LogP contribution < -0.4 is 0 Å². The van der Waals surface area contributed by atoms with Gasteiger partial charge in [0, 0.05) is 24.3 Å². The third-order valence-corrected chi connectivity index (χ3v) is 7.73. The van der Waals surface area contributed by atoms with E-state index in [9.17, 15) is 19.8 Å². The quantitative estimate of drug-likeness (QED) is 0.717. The van der Waals surface area contributed by atoms with Gasteiger partial charge in [-0.15, -0.1) is 0 Å². The topological polar surface area (TPSA) is 106 Å². The Kier molecular flexibility index (Phi) is 3.64. The van der Waals surface area contributed by atoms with Gasteiger partial charge in [0.1, 0.15) is 11.9 Å². The molecule has 0 aromatic carbocycles. The van der Waals surface area contributed by atoms with Crippen LogP contribution >= 0.6 is 0 Å². The molecular weight excluding hydrogens is 352 g/mol. The zero-order chi connectivity index (χ0) is 19.0. The zero-order valence-corrected chi connectivity index (χ0v) is 15.2. The molecule has 7 heteroatoms. The Hall–Kier alpha value is -1.70. The summed E-state index contributed by atoms with van der Waals surface area (Å²) in [7, 11) is 0. The van der Waals surface area contributed by atoms with Crippen molar-refractivity contribution in [1.82, 2.24) is 0 Å². The van der Waals surface area contributed by atoms with Crippen molar-refractivity contribution in [1.29, 1.82) is 0 Å². The van der Waals surface area contributed by atoms with E-state index in [-0.39, 0.29) is 30.7 Å². The lowest BCUT2D eigenvalue weighted by Crippen LogP contribution is -2.63. The predicted molar refractivity (Wildman–Crippen MR) is 90.0 cm³/mol.